The van der Waals surface area contributed by atoms with Crippen LogP contribution in [0.25, 0.3) is 11.0 Å². The Balaban J connectivity index is 2.13. The lowest BCUT2D eigenvalue weighted by Gasteiger charge is -2.10. The number of hydrogen-bond acceptors (Lipinski definition) is 2. The minimum atomic E-state index is -0.511. The molecule has 0 aliphatic heterocycles. The first-order valence-corrected chi connectivity index (χ1v) is 7.37. The quantitative estimate of drug-likeness (QED) is 0.762. The van der Waals surface area contributed by atoms with Gasteiger partial charge in [-0.15, -0.1) is 0 Å². The topological polar surface area (TPSA) is 38.0 Å². The smallest absolute Gasteiger partial charge is 0.138 e. The number of benzene rings is 1. The Hall–Kier alpha value is -1.35. The van der Waals surface area contributed by atoms with Crippen molar-refractivity contribution in [3.05, 3.63) is 30.1 Å². The number of aliphatic hydroxyl groups excluding tert-OH is 1. The monoisotopic (exact) mass is 260 g/mol. The van der Waals surface area contributed by atoms with E-state index >= 15 is 0 Å². The van der Waals surface area contributed by atoms with E-state index in [0.717, 1.165) is 29.8 Å². The summed E-state index contributed by atoms with van der Waals surface area (Å²) in [6.45, 7) is 4.97. The molecule has 0 bridgehead atoms. The summed E-state index contributed by atoms with van der Waals surface area (Å²) in [5.74, 6) is 0.789. The summed E-state index contributed by atoms with van der Waals surface area (Å²) in [4.78, 5) is 4.54. The molecule has 3 heteroatoms. The molecule has 1 aromatic heterocycles. The molecular weight excluding hydrogens is 236 g/mol. The van der Waals surface area contributed by atoms with Gasteiger partial charge in [-0.25, -0.2) is 4.98 Å². The lowest BCUT2D eigenvalue weighted by molar-refractivity contribution is 0.184. The second-order valence-corrected chi connectivity index (χ2v) is 5.20. The van der Waals surface area contributed by atoms with Crippen LogP contribution < -0.4 is 0 Å². The van der Waals surface area contributed by atoms with E-state index in [9.17, 15) is 5.11 Å². The highest BCUT2D eigenvalue weighted by atomic mass is 16.3. The zero-order valence-electron chi connectivity index (χ0n) is 12.0. The SMILES string of the molecule is CCCCCCCn1c(C(C)O)nc2ccccc21. The van der Waals surface area contributed by atoms with Gasteiger partial charge in [0.2, 0.25) is 0 Å². The second-order valence-electron chi connectivity index (χ2n) is 5.20. The summed E-state index contributed by atoms with van der Waals surface area (Å²) in [5.41, 5.74) is 2.11. The van der Waals surface area contributed by atoms with E-state index in [2.05, 4.69) is 22.5 Å². The van der Waals surface area contributed by atoms with E-state index < -0.39 is 6.10 Å². The van der Waals surface area contributed by atoms with Gasteiger partial charge in [0.1, 0.15) is 11.9 Å². The fourth-order valence-corrected chi connectivity index (χ4v) is 2.52. The number of imidazole rings is 1. The van der Waals surface area contributed by atoms with Gasteiger partial charge in [0.15, 0.2) is 0 Å². The molecule has 1 unspecified atom stereocenters. The molecule has 0 aliphatic carbocycles. The third kappa shape index (κ3) is 3.35. The van der Waals surface area contributed by atoms with Crippen molar-refractivity contribution in [3.63, 3.8) is 0 Å². The van der Waals surface area contributed by atoms with Crippen LogP contribution in [0.1, 0.15) is 57.9 Å². The zero-order chi connectivity index (χ0) is 13.7. The van der Waals surface area contributed by atoms with Crippen LogP contribution in [0.3, 0.4) is 0 Å². The summed E-state index contributed by atoms with van der Waals surface area (Å²) in [7, 11) is 0. The number of aromatic nitrogens is 2. The van der Waals surface area contributed by atoms with Gasteiger partial charge < -0.3 is 9.67 Å². The highest BCUT2D eigenvalue weighted by molar-refractivity contribution is 5.75. The molecular formula is C16H24N2O. The minimum Gasteiger partial charge on any atom is -0.385 e. The van der Waals surface area contributed by atoms with Gasteiger partial charge >= 0.3 is 0 Å². The zero-order valence-corrected chi connectivity index (χ0v) is 12.0. The Kier molecular flexibility index (Phi) is 4.97. The molecule has 1 aromatic carbocycles. The van der Waals surface area contributed by atoms with Crippen molar-refractivity contribution in [2.24, 2.45) is 0 Å². The van der Waals surface area contributed by atoms with Crippen molar-refractivity contribution < 1.29 is 5.11 Å². The molecule has 104 valence electrons. The molecule has 0 saturated carbocycles. The molecule has 0 spiro atoms. The number of fused-ring (bicyclic) bond motifs is 1. The molecule has 1 heterocycles. The summed E-state index contributed by atoms with van der Waals surface area (Å²) >= 11 is 0. The van der Waals surface area contributed by atoms with Crippen molar-refractivity contribution in [1.29, 1.82) is 0 Å². The van der Waals surface area contributed by atoms with Crippen molar-refractivity contribution in [2.45, 2.75) is 58.6 Å². The predicted molar refractivity (Wildman–Crippen MR) is 79.1 cm³/mol. The molecule has 0 saturated heterocycles. The van der Waals surface area contributed by atoms with Crippen LogP contribution in [0.4, 0.5) is 0 Å². The Morgan fingerprint density at radius 2 is 1.89 bits per heavy atom. The van der Waals surface area contributed by atoms with Gasteiger partial charge in [0.25, 0.3) is 0 Å². The van der Waals surface area contributed by atoms with Gasteiger partial charge in [0.05, 0.1) is 11.0 Å². The third-order valence-corrected chi connectivity index (χ3v) is 3.54. The Morgan fingerprint density at radius 1 is 1.16 bits per heavy atom. The van der Waals surface area contributed by atoms with Crippen molar-refractivity contribution in [3.8, 4) is 0 Å². The fraction of sp³-hybridized carbons (Fsp3) is 0.562. The number of nitrogens with zero attached hydrogens (tertiary/aromatic N) is 2. The number of rotatable bonds is 7. The van der Waals surface area contributed by atoms with Crippen LogP contribution in [0.5, 0.6) is 0 Å². The molecule has 3 nitrogen and oxygen atoms in total. The van der Waals surface area contributed by atoms with Crippen LogP contribution in [0, 0.1) is 0 Å². The highest BCUT2D eigenvalue weighted by Gasteiger charge is 2.13. The Labute approximate surface area is 115 Å². The summed E-state index contributed by atoms with van der Waals surface area (Å²) < 4.78 is 2.17. The first kappa shape index (κ1) is 14.1. The molecule has 2 aromatic rings. The van der Waals surface area contributed by atoms with Crippen LogP contribution in [0.15, 0.2) is 24.3 Å². The third-order valence-electron chi connectivity index (χ3n) is 3.54. The number of unbranched alkanes of at least 4 members (excludes halogenated alkanes) is 4. The van der Waals surface area contributed by atoms with Gasteiger partial charge in [0, 0.05) is 6.54 Å². The minimum absolute atomic E-state index is 0.511. The summed E-state index contributed by atoms with van der Waals surface area (Å²) in [5, 5.41) is 9.86. The first-order valence-electron chi connectivity index (χ1n) is 7.37. The molecule has 0 radical (unpaired) electrons. The summed E-state index contributed by atoms with van der Waals surface area (Å²) in [6.07, 6.45) is 5.77. The molecule has 0 fully saturated rings. The molecule has 19 heavy (non-hydrogen) atoms. The van der Waals surface area contributed by atoms with E-state index in [0.29, 0.717) is 0 Å². The first-order chi connectivity index (χ1) is 9.24. The van der Waals surface area contributed by atoms with E-state index in [1.807, 2.05) is 18.2 Å². The average Bonchev–Trinajstić information content (AvgIpc) is 2.78. The van der Waals surface area contributed by atoms with Gasteiger partial charge in [-0.1, -0.05) is 44.7 Å². The standard InChI is InChI=1S/C16H24N2O/c1-3-4-5-6-9-12-18-15-11-8-7-10-14(15)17-16(18)13(2)19/h7-8,10-11,13,19H,3-6,9,12H2,1-2H3. The second kappa shape index (κ2) is 6.71. The number of aliphatic hydroxyl groups is 1. The van der Waals surface area contributed by atoms with Gasteiger partial charge in [-0.05, 0) is 25.5 Å². The van der Waals surface area contributed by atoms with Crippen LogP contribution in [0.2, 0.25) is 0 Å². The van der Waals surface area contributed by atoms with Gasteiger partial charge in [-0.2, -0.15) is 0 Å². The largest absolute Gasteiger partial charge is 0.385 e. The maximum absolute atomic E-state index is 9.86. The Bertz CT molecular complexity index is 516. The molecule has 1 N–H and O–H groups in total. The van der Waals surface area contributed by atoms with E-state index in [-0.39, 0.29) is 0 Å². The normalized spacial score (nSPS) is 13.0. The maximum Gasteiger partial charge on any atom is 0.138 e. The van der Waals surface area contributed by atoms with Crippen molar-refractivity contribution in [1.82, 2.24) is 9.55 Å². The van der Waals surface area contributed by atoms with Crippen LogP contribution in [-0.2, 0) is 6.54 Å². The van der Waals surface area contributed by atoms with Crippen LogP contribution in [-0.4, -0.2) is 14.7 Å². The molecule has 0 amide bonds. The average molecular weight is 260 g/mol. The van der Waals surface area contributed by atoms with E-state index in [4.69, 9.17) is 0 Å². The van der Waals surface area contributed by atoms with Crippen LogP contribution >= 0.6 is 0 Å². The fourth-order valence-electron chi connectivity index (χ4n) is 2.52. The molecule has 2 rings (SSSR count). The van der Waals surface area contributed by atoms with E-state index in [1.54, 1.807) is 6.92 Å². The Morgan fingerprint density at radius 3 is 2.63 bits per heavy atom. The van der Waals surface area contributed by atoms with Crippen molar-refractivity contribution >= 4 is 11.0 Å². The number of aryl methyl sites for hydroxylation is 1. The highest BCUT2D eigenvalue weighted by Crippen LogP contribution is 2.21. The van der Waals surface area contributed by atoms with E-state index in [1.165, 1.54) is 25.7 Å². The maximum atomic E-state index is 9.86. The lowest BCUT2D eigenvalue weighted by atomic mass is 10.1. The summed E-state index contributed by atoms with van der Waals surface area (Å²) in [6, 6.07) is 8.12. The van der Waals surface area contributed by atoms with Crippen molar-refractivity contribution in [2.75, 3.05) is 0 Å². The molecule has 0 aliphatic rings. The molecule has 1 atom stereocenters. The number of hydrogen-bond donors (Lipinski definition) is 1. The van der Waals surface area contributed by atoms with Gasteiger partial charge in [-0.3, -0.25) is 0 Å². The lowest BCUT2D eigenvalue weighted by Crippen LogP contribution is -2.07. The number of para-hydroxylation sites is 2. The predicted octanol–water partition coefficient (Wildman–Crippen LogP) is 4.06.